The molecule has 0 aliphatic carbocycles. The maximum absolute atomic E-state index is 13.4. The van der Waals surface area contributed by atoms with E-state index in [9.17, 15) is 14.0 Å². The van der Waals surface area contributed by atoms with Gasteiger partial charge in [-0.2, -0.15) is 0 Å². The van der Waals surface area contributed by atoms with Gasteiger partial charge in [0.25, 0.3) is 0 Å². The lowest BCUT2D eigenvalue weighted by Crippen LogP contribution is -2.38. The van der Waals surface area contributed by atoms with Crippen LogP contribution in [-0.4, -0.2) is 71.7 Å². The summed E-state index contributed by atoms with van der Waals surface area (Å²) in [5, 5.41) is 26.0. The summed E-state index contributed by atoms with van der Waals surface area (Å²) in [6.45, 7) is -2.32. The van der Waals surface area contributed by atoms with Gasteiger partial charge in [-0.05, 0) is 0 Å². The zero-order valence-corrected chi connectivity index (χ0v) is 9.19. The van der Waals surface area contributed by atoms with Gasteiger partial charge in [-0.25, -0.2) is 14.0 Å². The first-order valence-electron chi connectivity index (χ1n) is 5.04. The van der Waals surface area contributed by atoms with Crippen LogP contribution in [0.4, 0.5) is 4.39 Å². The molecule has 0 radical (unpaired) electrons. The van der Waals surface area contributed by atoms with Crippen LogP contribution in [0.15, 0.2) is 0 Å². The number of ether oxygens (including phenoxy) is 3. The zero-order valence-electron chi connectivity index (χ0n) is 9.19. The molecule has 4 atom stereocenters. The topological polar surface area (TPSA) is 123 Å². The maximum atomic E-state index is 13.4. The molecule has 0 amide bonds. The largest absolute Gasteiger partial charge is 0.461 e. The minimum Gasteiger partial charge on any atom is -0.461 e. The predicted molar refractivity (Wildman–Crippen MR) is 50.8 cm³/mol. The maximum Gasteiger partial charge on any atom is 0.332 e. The number of aliphatic hydroxyl groups is 3. The summed E-state index contributed by atoms with van der Waals surface area (Å²) < 4.78 is 27.1. The quantitative estimate of drug-likeness (QED) is 0.467. The van der Waals surface area contributed by atoms with Crippen molar-refractivity contribution >= 4 is 11.9 Å². The average molecular weight is 268 g/mol. The molecule has 3 N–H and O–H groups in total. The van der Waals surface area contributed by atoms with E-state index >= 15 is 0 Å². The Bertz CT molecular complexity index is 309. The van der Waals surface area contributed by atoms with E-state index in [0.29, 0.717) is 0 Å². The van der Waals surface area contributed by atoms with Gasteiger partial charge in [-0.3, -0.25) is 0 Å². The Hall–Kier alpha value is -1.29. The van der Waals surface area contributed by atoms with Crippen LogP contribution in [0.5, 0.6) is 0 Å². The van der Waals surface area contributed by atoms with E-state index in [1.54, 1.807) is 0 Å². The fraction of sp³-hybridized carbons (Fsp3) is 0.778. The van der Waals surface area contributed by atoms with Crippen LogP contribution in [-0.2, 0) is 23.8 Å². The van der Waals surface area contributed by atoms with Crippen molar-refractivity contribution in [3.05, 3.63) is 0 Å². The average Bonchev–Trinajstić information content (AvgIpc) is 2.63. The van der Waals surface area contributed by atoms with Crippen LogP contribution in [0.3, 0.4) is 0 Å². The predicted octanol–water partition coefficient (Wildman–Crippen LogP) is -2.52. The Labute approximate surface area is 101 Å². The van der Waals surface area contributed by atoms with Gasteiger partial charge in [-0.1, -0.05) is 0 Å². The molecule has 0 saturated carbocycles. The number of hydrogen-bond acceptors (Lipinski definition) is 8. The van der Waals surface area contributed by atoms with Gasteiger partial charge < -0.3 is 29.5 Å². The molecule has 1 aliphatic heterocycles. The molecule has 0 spiro atoms. The van der Waals surface area contributed by atoms with Crippen molar-refractivity contribution in [2.45, 2.75) is 24.7 Å². The zero-order chi connectivity index (χ0) is 13.7. The van der Waals surface area contributed by atoms with E-state index in [2.05, 4.69) is 14.2 Å². The Balaban J connectivity index is 2.57. The highest BCUT2D eigenvalue weighted by Crippen LogP contribution is 2.25. The van der Waals surface area contributed by atoms with Crippen molar-refractivity contribution in [2.75, 3.05) is 19.8 Å². The lowest BCUT2D eigenvalue weighted by Gasteiger charge is -2.18. The highest BCUT2D eigenvalue weighted by Gasteiger charge is 2.47. The van der Waals surface area contributed by atoms with Crippen LogP contribution in [0.25, 0.3) is 0 Å². The van der Waals surface area contributed by atoms with Gasteiger partial charge in [-0.15, -0.1) is 0 Å². The van der Waals surface area contributed by atoms with Crippen LogP contribution < -0.4 is 0 Å². The number of alkyl halides is 1. The van der Waals surface area contributed by atoms with E-state index in [0.717, 1.165) is 0 Å². The summed E-state index contributed by atoms with van der Waals surface area (Å²) >= 11 is 0. The van der Waals surface area contributed by atoms with Crippen molar-refractivity contribution in [1.82, 2.24) is 0 Å². The number of halogens is 1. The molecule has 18 heavy (non-hydrogen) atoms. The summed E-state index contributed by atoms with van der Waals surface area (Å²) in [7, 11) is 0. The van der Waals surface area contributed by atoms with E-state index in [1.165, 1.54) is 0 Å². The molecule has 1 heterocycles. The normalized spacial score (nSPS) is 31.1. The Kier molecular flexibility index (Phi) is 5.41. The van der Waals surface area contributed by atoms with Crippen LogP contribution >= 0.6 is 0 Å². The van der Waals surface area contributed by atoms with E-state index < -0.39 is 56.4 Å². The van der Waals surface area contributed by atoms with Gasteiger partial charge in [0, 0.05) is 0 Å². The molecular weight excluding hydrogens is 255 g/mol. The standard InChI is InChI=1S/C9H13FO8/c10-7-8(18-6(14)2-12)4(17-9(7)15)3-16-5(13)1-11/h4,7-9,11-12,15H,1-3H2/t4-,7+,8-,9?/m1/s1. The summed E-state index contributed by atoms with van der Waals surface area (Å²) in [5.41, 5.74) is 0. The molecule has 104 valence electrons. The third-order valence-corrected chi connectivity index (χ3v) is 2.20. The highest BCUT2D eigenvalue weighted by atomic mass is 19.1. The third-order valence-electron chi connectivity index (χ3n) is 2.20. The number of aliphatic hydroxyl groups excluding tert-OH is 3. The van der Waals surface area contributed by atoms with Gasteiger partial charge in [0.2, 0.25) is 0 Å². The smallest absolute Gasteiger partial charge is 0.332 e. The SMILES string of the molecule is O=C(CO)OC[C@H]1OC(O)[C@@H](F)[C@@H]1OC(=O)CO. The van der Waals surface area contributed by atoms with Crippen molar-refractivity contribution in [1.29, 1.82) is 0 Å². The second kappa shape index (κ2) is 6.59. The Morgan fingerprint density at radius 2 is 1.83 bits per heavy atom. The number of carbonyl (C=O) groups is 2. The van der Waals surface area contributed by atoms with E-state index in [4.69, 9.17) is 15.3 Å². The molecule has 8 nitrogen and oxygen atoms in total. The van der Waals surface area contributed by atoms with Crippen molar-refractivity contribution in [2.24, 2.45) is 0 Å². The van der Waals surface area contributed by atoms with Gasteiger partial charge >= 0.3 is 11.9 Å². The molecule has 1 rings (SSSR count). The summed E-state index contributed by atoms with van der Waals surface area (Å²) in [6, 6.07) is 0. The molecule has 0 aromatic carbocycles. The lowest BCUT2D eigenvalue weighted by molar-refractivity contribution is -0.164. The van der Waals surface area contributed by atoms with Gasteiger partial charge in [0.15, 0.2) is 18.6 Å². The summed E-state index contributed by atoms with van der Waals surface area (Å²) in [4.78, 5) is 21.5. The fourth-order valence-corrected chi connectivity index (χ4v) is 1.38. The molecule has 1 unspecified atom stereocenters. The monoisotopic (exact) mass is 268 g/mol. The molecule has 1 saturated heterocycles. The Morgan fingerprint density at radius 3 is 2.39 bits per heavy atom. The molecule has 0 bridgehead atoms. The molecule has 0 aromatic rings. The van der Waals surface area contributed by atoms with E-state index in [-0.39, 0.29) is 0 Å². The van der Waals surface area contributed by atoms with Crippen LogP contribution in [0, 0.1) is 0 Å². The van der Waals surface area contributed by atoms with Crippen molar-refractivity contribution in [3.8, 4) is 0 Å². The highest BCUT2D eigenvalue weighted by molar-refractivity contribution is 5.71. The molecule has 9 heteroatoms. The first-order valence-corrected chi connectivity index (χ1v) is 5.04. The first kappa shape index (κ1) is 14.8. The third kappa shape index (κ3) is 3.60. The van der Waals surface area contributed by atoms with Crippen molar-refractivity contribution < 1.29 is 43.5 Å². The van der Waals surface area contributed by atoms with Crippen LogP contribution in [0.2, 0.25) is 0 Å². The second-order valence-corrected chi connectivity index (χ2v) is 3.46. The number of hydrogen-bond donors (Lipinski definition) is 3. The number of esters is 2. The summed E-state index contributed by atoms with van der Waals surface area (Å²) in [6.07, 6.45) is -6.54. The molecule has 1 fully saturated rings. The van der Waals surface area contributed by atoms with Gasteiger partial charge in [0.05, 0.1) is 0 Å². The first-order chi connectivity index (χ1) is 8.49. The second-order valence-electron chi connectivity index (χ2n) is 3.46. The minimum absolute atomic E-state index is 0.500. The number of carbonyl (C=O) groups excluding carboxylic acids is 2. The minimum atomic E-state index is -2.02. The molecule has 0 aromatic heterocycles. The fourth-order valence-electron chi connectivity index (χ4n) is 1.38. The Morgan fingerprint density at radius 1 is 1.22 bits per heavy atom. The van der Waals surface area contributed by atoms with Crippen molar-refractivity contribution in [3.63, 3.8) is 0 Å². The number of rotatable bonds is 5. The summed E-state index contributed by atoms with van der Waals surface area (Å²) in [5.74, 6) is -2.07. The van der Waals surface area contributed by atoms with Gasteiger partial charge in [0.1, 0.15) is 25.9 Å². The molecular formula is C9H13FO8. The lowest BCUT2D eigenvalue weighted by atomic mass is 10.1. The molecule has 1 aliphatic rings. The van der Waals surface area contributed by atoms with Crippen LogP contribution in [0.1, 0.15) is 0 Å². The van der Waals surface area contributed by atoms with E-state index in [1.807, 2.05) is 0 Å².